The SMILES string of the molecule is CN=C(NCc1sc(C)nc1C)N1CCC(OCC2CCCO2)CC1.I. The lowest BCUT2D eigenvalue weighted by Crippen LogP contribution is -2.47. The number of guanidine groups is 1. The molecule has 0 aliphatic carbocycles. The maximum absolute atomic E-state index is 6.06. The minimum absolute atomic E-state index is 0. The van der Waals surface area contributed by atoms with Crippen molar-refractivity contribution in [1.82, 2.24) is 15.2 Å². The van der Waals surface area contributed by atoms with Crippen molar-refractivity contribution in [2.24, 2.45) is 4.99 Å². The molecule has 1 N–H and O–H groups in total. The molecule has 6 nitrogen and oxygen atoms in total. The van der Waals surface area contributed by atoms with Crippen LogP contribution in [0.15, 0.2) is 4.99 Å². The Morgan fingerprint density at radius 3 is 2.69 bits per heavy atom. The van der Waals surface area contributed by atoms with E-state index in [1.54, 1.807) is 11.3 Å². The number of rotatable bonds is 5. The number of aromatic nitrogens is 1. The van der Waals surface area contributed by atoms with Gasteiger partial charge in [0, 0.05) is 31.6 Å². The van der Waals surface area contributed by atoms with Gasteiger partial charge in [-0.3, -0.25) is 4.99 Å². The number of aryl methyl sites for hydroxylation is 2. The minimum atomic E-state index is 0. The van der Waals surface area contributed by atoms with Crippen molar-refractivity contribution in [2.45, 2.75) is 58.3 Å². The van der Waals surface area contributed by atoms with Gasteiger partial charge in [-0.05, 0) is 39.5 Å². The third-order valence-corrected chi connectivity index (χ3v) is 5.97. The van der Waals surface area contributed by atoms with E-state index in [-0.39, 0.29) is 24.0 Å². The summed E-state index contributed by atoms with van der Waals surface area (Å²) in [4.78, 5) is 12.6. The molecule has 3 rings (SSSR count). The van der Waals surface area contributed by atoms with Crippen molar-refractivity contribution in [3.05, 3.63) is 15.6 Å². The molecule has 2 fully saturated rings. The second kappa shape index (κ2) is 10.8. The molecule has 0 spiro atoms. The van der Waals surface area contributed by atoms with E-state index in [1.165, 1.54) is 11.3 Å². The van der Waals surface area contributed by atoms with Crippen LogP contribution in [0.25, 0.3) is 0 Å². The Hall–Kier alpha value is -0.450. The van der Waals surface area contributed by atoms with Crippen molar-refractivity contribution in [3.63, 3.8) is 0 Å². The van der Waals surface area contributed by atoms with E-state index in [4.69, 9.17) is 9.47 Å². The first-order valence-corrected chi connectivity index (χ1v) is 10.1. The molecular weight excluding hydrogens is 463 g/mol. The third-order valence-electron chi connectivity index (χ3n) is 4.90. The van der Waals surface area contributed by atoms with Gasteiger partial charge in [0.05, 0.1) is 36.1 Å². The summed E-state index contributed by atoms with van der Waals surface area (Å²) in [6, 6.07) is 0. The van der Waals surface area contributed by atoms with Crippen LogP contribution in [0.2, 0.25) is 0 Å². The highest BCUT2D eigenvalue weighted by Crippen LogP contribution is 2.19. The van der Waals surface area contributed by atoms with Crippen LogP contribution in [0, 0.1) is 13.8 Å². The zero-order chi connectivity index (χ0) is 17.6. The van der Waals surface area contributed by atoms with Crippen LogP contribution in [0.1, 0.15) is 41.3 Å². The minimum Gasteiger partial charge on any atom is -0.376 e. The largest absolute Gasteiger partial charge is 0.376 e. The Morgan fingerprint density at radius 1 is 1.35 bits per heavy atom. The molecule has 26 heavy (non-hydrogen) atoms. The number of piperidine rings is 1. The van der Waals surface area contributed by atoms with E-state index in [2.05, 4.69) is 34.0 Å². The van der Waals surface area contributed by atoms with Gasteiger partial charge >= 0.3 is 0 Å². The summed E-state index contributed by atoms with van der Waals surface area (Å²) in [5.41, 5.74) is 1.12. The van der Waals surface area contributed by atoms with Crippen molar-refractivity contribution < 1.29 is 9.47 Å². The molecule has 0 aromatic carbocycles. The number of aliphatic imine (C=N–C) groups is 1. The fourth-order valence-electron chi connectivity index (χ4n) is 3.48. The summed E-state index contributed by atoms with van der Waals surface area (Å²) in [6.07, 6.45) is 5.08. The number of likely N-dealkylation sites (tertiary alicyclic amines) is 1. The van der Waals surface area contributed by atoms with Crippen LogP contribution in [0.5, 0.6) is 0 Å². The third kappa shape index (κ3) is 6.03. The smallest absolute Gasteiger partial charge is 0.193 e. The van der Waals surface area contributed by atoms with E-state index >= 15 is 0 Å². The molecule has 3 heterocycles. The predicted octanol–water partition coefficient (Wildman–Crippen LogP) is 3.11. The molecular formula is C18H31IN4O2S. The van der Waals surface area contributed by atoms with E-state index in [1.807, 2.05) is 7.05 Å². The summed E-state index contributed by atoms with van der Waals surface area (Å²) in [5, 5.41) is 4.61. The van der Waals surface area contributed by atoms with Crippen molar-refractivity contribution in [3.8, 4) is 0 Å². The summed E-state index contributed by atoms with van der Waals surface area (Å²) >= 11 is 1.75. The second-order valence-corrected chi connectivity index (χ2v) is 8.08. The normalized spacial score (nSPS) is 21.7. The Balaban J connectivity index is 0.00000243. The molecule has 0 radical (unpaired) electrons. The Kier molecular flexibility index (Phi) is 9.05. The predicted molar refractivity (Wildman–Crippen MR) is 117 cm³/mol. The van der Waals surface area contributed by atoms with Gasteiger partial charge in [0.15, 0.2) is 5.96 Å². The van der Waals surface area contributed by atoms with Gasteiger partial charge in [-0.1, -0.05) is 0 Å². The van der Waals surface area contributed by atoms with Gasteiger partial charge in [-0.2, -0.15) is 0 Å². The standard InChI is InChI=1S/C18H30N4O2S.HI/c1-13-17(25-14(2)21-13)11-20-18(19-3)22-8-6-15(7-9-22)24-12-16-5-4-10-23-16;/h15-16H,4-12H2,1-3H3,(H,19,20);1H. The molecule has 2 saturated heterocycles. The van der Waals surface area contributed by atoms with Gasteiger partial charge < -0.3 is 19.7 Å². The highest BCUT2D eigenvalue weighted by atomic mass is 127. The fraction of sp³-hybridized carbons (Fsp3) is 0.778. The van der Waals surface area contributed by atoms with Gasteiger partial charge in [-0.15, -0.1) is 35.3 Å². The number of hydrogen-bond donors (Lipinski definition) is 1. The van der Waals surface area contributed by atoms with Crippen LogP contribution in [0.3, 0.4) is 0 Å². The summed E-state index contributed by atoms with van der Waals surface area (Å²) in [5.74, 6) is 0.975. The molecule has 1 aromatic rings. The molecule has 1 atom stereocenters. The van der Waals surface area contributed by atoms with Crippen LogP contribution >= 0.6 is 35.3 Å². The maximum Gasteiger partial charge on any atom is 0.193 e. The Morgan fingerprint density at radius 2 is 2.12 bits per heavy atom. The lowest BCUT2D eigenvalue weighted by Gasteiger charge is -2.34. The average Bonchev–Trinajstić information content (AvgIpc) is 3.24. The topological polar surface area (TPSA) is 59.0 Å². The quantitative estimate of drug-likeness (QED) is 0.388. The highest BCUT2D eigenvalue weighted by Gasteiger charge is 2.24. The number of nitrogens with one attached hydrogen (secondary N) is 1. The highest BCUT2D eigenvalue weighted by molar-refractivity contribution is 14.0. The zero-order valence-corrected chi connectivity index (χ0v) is 19.1. The molecule has 0 bridgehead atoms. The Labute approximate surface area is 177 Å². The second-order valence-electron chi connectivity index (χ2n) is 6.80. The Bertz CT molecular complexity index is 582. The maximum atomic E-state index is 6.06. The average molecular weight is 494 g/mol. The number of ether oxygens (including phenoxy) is 2. The summed E-state index contributed by atoms with van der Waals surface area (Å²) < 4.78 is 11.7. The lowest BCUT2D eigenvalue weighted by molar-refractivity contribution is -0.0367. The number of nitrogens with zero attached hydrogens (tertiary/aromatic N) is 3. The first-order valence-electron chi connectivity index (χ1n) is 9.27. The molecule has 0 saturated carbocycles. The fourth-order valence-corrected chi connectivity index (χ4v) is 4.36. The monoisotopic (exact) mass is 494 g/mol. The number of thiazole rings is 1. The van der Waals surface area contributed by atoms with E-state index in [0.717, 1.165) is 68.8 Å². The van der Waals surface area contributed by atoms with Gasteiger partial charge in [-0.25, -0.2) is 4.98 Å². The van der Waals surface area contributed by atoms with Crippen molar-refractivity contribution in [1.29, 1.82) is 0 Å². The van der Waals surface area contributed by atoms with Crippen molar-refractivity contribution in [2.75, 3.05) is 33.4 Å². The van der Waals surface area contributed by atoms with Crippen LogP contribution in [0.4, 0.5) is 0 Å². The zero-order valence-electron chi connectivity index (χ0n) is 16.0. The van der Waals surface area contributed by atoms with Gasteiger partial charge in [0.25, 0.3) is 0 Å². The summed E-state index contributed by atoms with van der Waals surface area (Å²) in [7, 11) is 1.85. The van der Waals surface area contributed by atoms with Gasteiger partial charge in [0.1, 0.15) is 0 Å². The lowest BCUT2D eigenvalue weighted by atomic mass is 10.1. The molecule has 2 aliphatic heterocycles. The van der Waals surface area contributed by atoms with Crippen LogP contribution < -0.4 is 5.32 Å². The number of halogens is 1. The van der Waals surface area contributed by atoms with Crippen LogP contribution in [-0.2, 0) is 16.0 Å². The van der Waals surface area contributed by atoms with E-state index < -0.39 is 0 Å². The van der Waals surface area contributed by atoms with Gasteiger partial charge in [0.2, 0.25) is 0 Å². The first kappa shape index (κ1) is 21.8. The molecule has 1 unspecified atom stereocenters. The molecule has 0 amide bonds. The molecule has 8 heteroatoms. The van der Waals surface area contributed by atoms with E-state index in [9.17, 15) is 0 Å². The number of hydrogen-bond acceptors (Lipinski definition) is 5. The van der Waals surface area contributed by atoms with Crippen LogP contribution in [-0.4, -0.2) is 61.4 Å². The first-order chi connectivity index (χ1) is 12.2. The molecule has 1 aromatic heterocycles. The summed E-state index contributed by atoms with van der Waals surface area (Å²) in [6.45, 7) is 8.53. The molecule has 2 aliphatic rings. The van der Waals surface area contributed by atoms with E-state index in [0.29, 0.717) is 12.2 Å². The van der Waals surface area contributed by atoms with Crippen molar-refractivity contribution >= 4 is 41.3 Å². The molecule has 148 valence electrons.